The molecule has 2 heterocycles. The van der Waals surface area contributed by atoms with Crippen LogP contribution in [0, 0.1) is 6.92 Å². The highest BCUT2D eigenvalue weighted by atomic mass is 16.5. The van der Waals surface area contributed by atoms with Gasteiger partial charge in [0.25, 0.3) is 0 Å². The van der Waals surface area contributed by atoms with Crippen LogP contribution in [0.5, 0.6) is 11.5 Å². The number of ketones is 1. The smallest absolute Gasteiger partial charge is 0.223 e. The number of phenols is 1. The van der Waals surface area contributed by atoms with E-state index in [0.717, 1.165) is 5.56 Å². The average molecular weight is 503 g/mol. The van der Waals surface area contributed by atoms with E-state index >= 15 is 0 Å². The summed E-state index contributed by atoms with van der Waals surface area (Å²) < 4.78 is 6.49. The van der Waals surface area contributed by atoms with Crippen LogP contribution in [0.2, 0.25) is 0 Å². The molecular formula is C30H34N2O5. The molecule has 5 atom stereocenters. The number of likely N-dealkylation sites (N-methyl/N-ethyl adjacent to an activating group) is 1. The first-order chi connectivity index (χ1) is 17.7. The zero-order valence-corrected chi connectivity index (χ0v) is 21.4. The van der Waals surface area contributed by atoms with Gasteiger partial charge in [-0.05, 0) is 50.3 Å². The molecule has 2 N–H and O–H groups in total. The molecule has 1 saturated heterocycles. The molecule has 0 aromatic heterocycles. The minimum atomic E-state index is -1.36. The van der Waals surface area contributed by atoms with Gasteiger partial charge in [-0.15, -0.1) is 6.58 Å². The number of benzene rings is 2. The van der Waals surface area contributed by atoms with Gasteiger partial charge in [0.1, 0.15) is 17.7 Å². The molecule has 2 unspecified atom stereocenters. The zero-order valence-electron chi connectivity index (χ0n) is 21.4. The Bertz CT molecular complexity index is 1310. The number of hydrogen-bond donors (Lipinski definition) is 2. The number of piperidine rings is 1. The van der Waals surface area contributed by atoms with Crippen molar-refractivity contribution < 1.29 is 24.5 Å². The Morgan fingerprint density at radius 1 is 1.30 bits per heavy atom. The second-order valence-electron chi connectivity index (χ2n) is 11.2. The van der Waals surface area contributed by atoms with E-state index in [2.05, 4.69) is 12.6 Å². The lowest BCUT2D eigenvalue weighted by atomic mass is 9.48. The van der Waals surface area contributed by atoms with Crippen LogP contribution < -0.4 is 4.74 Å². The monoisotopic (exact) mass is 502 g/mol. The van der Waals surface area contributed by atoms with Crippen molar-refractivity contribution >= 4 is 11.7 Å². The predicted octanol–water partition coefficient (Wildman–Crippen LogP) is 3.14. The van der Waals surface area contributed by atoms with Gasteiger partial charge in [0.15, 0.2) is 17.3 Å². The van der Waals surface area contributed by atoms with Gasteiger partial charge >= 0.3 is 0 Å². The number of ether oxygens (including phenoxy) is 1. The minimum Gasteiger partial charge on any atom is -0.504 e. The summed E-state index contributed by atoms with van der Waals surface area (Å²) in [6.45, 7) is 6.99. The fourth-order valence-corrected chi connectivity index (χ4v) is 7.71. The van der Waals surface area contributed by atoms with Gasteiger partial charge in [-0.25, -0.2) is 0 Å². The molecule has 2 fully saturated rings. The Kier molecular flexibility index (Phi) is 5.51. The summed E-state index contributed by atoms with van der Waals surface area (Å²) >= 11 is 0. The highest BCUT2D eigenvalue weighted by molar-refractivity contribution is 6.06. The van der Waals surface area contributed by atoms with Gasteiger partial charge in [0, 0.05) is 37.7 Å². The molecule has 2 aliphatic heterocycles. The van der Waals surface area contributed by atoms with E-state index in [1.165, 1.54) is 11.6 Å². The maximum Gasteiger partial charge on any atom is 0.223 e. The van der Waals surface area contributed by atoms with Crippen molar-refractivity contribution in [1.29, 1.82) is 0 Å². The van der Waals surface area contributed by atoms with Crippen molar-refractivity contribution in [2.45, 2.75) is 68.2 Å². The third-order valence-electron chi connectivity index (χ3n) is 9.35. The molecule has 7 nitrogen and oxygen atoms in total. The summed E-state index contributed by atoms with van der Waals surface area (Å²) in [6, 6.07) is 10.4. The second-order valence-corrected chi connectivity index (χ2v) is 11.2. The maximum atomic E-state index is 13.8. The predicted molar refractivity (Wildman–Crippen MR) is 139 cm³/mol. The minimum absolute atomic E-state index is 0.0184. The summed E-state index contributed by atoms with van der Waals surface area (Å²) in [5, 5.41) is 23.2. The number of rotatable bonds is 6. The number of phenolic OH excluding ortho intramolecular Hbond substituents is 1. The van der Waals surface area contributed by atoms with Crippen LogP contribution >= 0.6 is 0 Å². The van der Waals surface area contributed by atoms with Crippen LogP contribution in [0.3, 0.4) is 0 Å². The van der Waals surface area contributed by atoms with Crippen LogP contribution in [0.1, 0.15) is 52.7 Å². The van der Waals surface area contributed by atoms with Crippen LogP contribution in [-0.2, 0) is 16.6 Å². The average Bonchev–Trinajstić information content (AvgIpc) is 3.22. The standard InChI is InChI=1S/C30H34N2O5/c1-4-15-32-16-14-29-24-20-9-10-22(33)26(24)37-28(29)21(12-13-30(29,36)27(32)25(20)35)31(3)23(34)11-8-19-7-5-6-18(2)17-19/h4-7,9-10,17,21,27-28,33,36H,1,8,11-16H2,2-3H3/t21?,27-,28?,29+,30-/m1/s1. The molecule has 37 heavy (non-hydrogen) atoms. The molecule has 2 bridgehead atoms. The molecule has 194 valence electrons. The molecule has 1 spiro atoms. The third kappa shape index (κ3) is 3.20. The lowest BCUT2D eigenvalue weighted by molar-refractivity contribution is -0.186. The first-order valence-electron chi connectivity index (χ1n) is 13.2. The van der Waals surface area contributed by atoms with Crippen molar-refractivity contribution in [2.24, 2.45) is 0 Å². The van der Waals surface area contributed by atoms with Crippen molar-refractivity contribution in [1.82, 2.24) is 9.80 Å². The van der Waals surface area contributed by atoms with Crippen molar-refractivity contribution in [2.75, 3.05) is 20.1 Å². The Labute approximate surface area is 217 Å². The normalized spacial score (nSPS) is 31.4. The number of carbonyl (C=O) groups excluding carboxylic acids is 2. The number of aromatic hydroxyl groups is 1. The van der Waals surface area contributed by atoms with E-state index in [9.17, 15) is 19.8 Å². The molecule has 1 amide bonds. The van der Waals surface area contributed by atoms with Gasteiger partial charge in [-0.3, -0.25) is 14.5 Å². The number of hydrogen-bond acceptors (Lipinski definition) is 6. The largest absolute Gasteiger partial charge is 0.504 e. The van der Waals surface area contributed by atoms with Crippen molar-refractivity contribution in [3.8, 4) is 11.5 Å². The van der Waals surface area contributed by atoms with Crippen molar-refractivity contribution in [3.63, 3.8) is 0 Å². The Morgan fingerprint density at radius 3 is 2.86 bits per heavy atom. The summed E-state index contributed by atoms with van der Waals surface area (Å²) in [4.78, 5) is 31.0. The summed E-state index contributed by atoms with van der Waals surface area (Å²) in [5.41, 5.74) is 1.20. The van der Waals surface area contributed by atoms with Crippen molar-refractivity contribution in [3.05, 3.63) is 71.3 Å². The molecule has 2 aromatic carbocycles. The second kappa shape index (κ2) is 8.43. The number of Topliss-reactive ketones (excluding diaryl/α,β-unsaturated/α-hetero) is 1. The SMILES string of the molecule is C=CCN1CC[C@]23c4c5ccc(O)c4OC2C(N(C)C(=O)CCc2cccc(C)c2)CC[C@@]3(O)[C@H]1C5=O. The summed E-state index contributed by atoms with van der Waals surface area (Å²) in [7, 11) is 1.82. The Balaban J connectivity index is 1.37. The fraction of sp³-hybridized carbons (Fsp3) is 0.467. The molecule has 6 rings (SSSR count). The van der Waals surface area contributed by atoms with Gasteiger partial charge in [0.2, 0.25) is 5.91 Å². The van der Waals surface area contributed by atoms with E-state index in [0.29, 0.717) is 56.3 Å². The lowest BCUT2D eigenvalue weighted by Crippen LogP contribution is -2.79. The summed E-state index contributed by atoms with van der Waals surface area (Å²) in [6.07, 6.45) is 3.67. The molecule has 4 aliphatic rings. The lowest BCUT2D eigenvalue weighted by Gasteiger charge is -2.63. The third-order valence-corrected chi connectivity index (χ3v) is 9.35. The van der Waals surface area contributed by atoms with Gasteiger partial charge in [-0.2, -0.15) is 0 Å². The maximum absolute atomic E-state index is 13.8. The number of aryl methyl sites for hydroxylation is 2. The molecule has 1 saturated carbocycles. The number of carbonyl (C=O) groups is 2. The number of nitrogens with zero attached hydrogens (tertiary/aromatic N) is 2. The first-order valence-corrected chi connectivity index (χ1v) is 13.2. The van der Waals surface area contributed by atoms with Gasteiger partial charge in [-0.1, -0.05) is 35.9 Å². The molecule has 0 radical (unpaired) electrons. The van der Waals surface area contributed by atoms with Crippen LogP contribution in [0.25, 0.3) is 0 Å². The zero-order chi connectivity index (χ0) is 26.1. The number of amides is 1. The van der Waals surface area contributed by atoms with Crippen LogP contribution in [-0.4, -0.2) is 75.6 Å². The topological polar surface area (TPSA) is 90.3 Å². The van der Waals surface area contributed by atoms with Gasteiger partial charge < -0.3 is 19.8 Å². The molecular weight excluding hydrogens is 468 g/mol. The van der Waals surface area contributed by atoms with E-state index < -0.39 is 23.2 Å². The van der Waals surface area contributed by atoms with Crippen LogP contribution in [0.15, 0.2) is 49.1 Å². The fourth-order valence-electron chi connectivity index (χ4n) is 7.71. The quantitative estimate of drug-likeness (QED) is 0.590. The number of aliphatic hydroxyl groups is 1. The number of likely N-dealkylation sites (tertiary alicyclic amines) is 1. The molecule has 2 aliphatic carbocycles. The van der Waals surface area contributed by atoms with Crippen LogP contribution in [0.4, 0.5) is 0 Å². The highest BCUT2D eigenvalue weighted by Gasteiger charge is 2.75. The van der Waals surface area contributed by atoms with E-state index in [-0.39, 0.29) is 29.2 Å². The van der Waals surface area contributed by atoms with Gasteiger partial charge in [0.05, 0.1) is 11.5 Å². The first kappa shape index (κ1) is 24.2. The highest BCUT2D eigenvalue weighted by Crippen LogP contribution is 2.65. The molecule has 7 heteroatoms. The Morgan fingerprint density at radius 2 is 2.11 bits per heavy atom. The van der Waals surface area contributed by atoms with E-state index in [1.807, 2.05) is 37.1 Å². The molecule has 2 aromatic rings. The van der Waals surface area contributed by atoms with E-state index in [4.69, 9.17) is 4.74 Å². The van der Waals surface area contributed by atoms with E-state index in [1.54, 1.807) is 17.0 Å². The summed E-state index contributed by atoms with van der Waals surface area (Å²) in [5.74, 6) is 0.139. The Hall–Kier alpha value is -3.16.